The summed E-state index contributed by atoms with van der Waals surface area (Å²) in [5.74, 6) is -1.32. The van der Waals surface area contributed by atoms with Crippen LogP contribution in [0.3, 0.4) is 0 Å². The predicted molar refractivity (Wildman–Crippen MR) is 96.6 cm³/mol. The molecule has 0 aliphatic carbocycles. The molecule has 1 aromatic carbocycles. The number of carboxylic acids is 1. The van der Waals surface area contributed by atoms with Gasteiger partial charge < -0.3 is 20.1 Å². The number of fused-ring (bicyclic) bond motifs is 1. The summed E-state index contributed by atoms with van der Waals surface area (Å²) in [6.07, 6.45) is 4.04. The Kier molecular flexibility index (Phi) is 5.91. The Morgan fingerprint density at radius 2 is 2.11 bits per heavy atom. The van der Waals surface area contributed by atoms with Crippen molar-refractivity contribution >= 4 is 40.4 Å². The van der Waals surface area contributed by atoms with Gasteiger partial charge in [0.1, 0.15) is 0 Å². The van der Waals surface area contributed by atoms with Crippen LogP contribution in [0.1, 0.15) is 18.4 Å². The number of aromatic nitrogens is 1. The molecule has 1 saturated heterocycles. The van der Waals surface area contributed by atoms with Crippen molar-refractivity contribution in [3.05, 3.63) is 58.9 Å². The maximum Gasteiger partial charge on any atom is 1.00 e. The summed E-state index contributed by atoms with van der Waals surface area (Å²) in [4.78, 5) is 30.2. The number of benzene rings is 1. The van der Waals surface area contributed by atoms with Gasteiger partial charge in [-0.15, -0.1) is 0 Å². The molecule has 8 heteroatoms. The number of carbonyl (C=O) groups is 2. The first-order valence-electron chi connectivity index (χ1n) is 8.26. The van der Waals surface area contributed by atoms with E-state index in [0.717, 1.165) is 16.8 Å². The number of anilines is 2. The zero-order valence-corrected chi connectivity index (χ0v) is 17.5. The molecule has 1 atom stereocenters. The molecule has 1 aromatic heterocycles. The maximum absolute atomic E-state index is 13.0. The normalized spacial score (nSPS) is 21.3. The van der Waals surface area contributed by atoms with Gasteiger partial charge in [-0.25, -0.2) is 0 Å². The van der Waals surface area contributed by atoms with E-state index in [0.29, 0.717) is 29.2 Å². The van der Waals surface area contributed by atoms with E-state index in [9.17, 15) is 14.7 Å². The minimum absolute atomic E-state index is 0. The summed E-state index contributed by atoms with van der Waals surface area (Å²) >= 11 is 6.04. The van der Waals surface area contributed by atoms with Crippen molar-refractivity contribution in [3.8, 4) is 0 Å². The third kappa shape index (κ3) is 3.75. The van der Waals surface area contributed by atoms with Crippen LogP contribution in [0.5, 0.6) is 0 Å². The minimum Gasteiger partial charge on any atom is -0.548 e. The quantitative estimate of drug-likeness (QED) is 0.517. The first-order valence-corrected chi connectivity index (χ1v) is 8.63. The standard InChI is InChI=1S/C19H16ClN3O3.Na/c20-11-3-4-13-15(9-17(19(25)26)22-16(13)8-11)14-5-7-23(18(14)24)12-2-1-6-21-10-12;/h1-4,6,8,10,17,22H,5,7,9H2,(H,25,26);/q;+1/p-1/b15-14-;. The van der Waals surface area contributed by atoms with Crippen molar-refractivity contribution in [2.75, 3.05) is 16.8 Å². The minimum atomic E-state index is -1.21. The van der Waals surface area contributed by atoms with Gasteiger partial charge in [-0.2, -0.15) is 0 Å². The second kappa shape index (κ2) is 8.02. The molecular weight excluding hydrogens is 377 g/mol. The number of nitrogens with one attached hydrogen (secondary N) is 1. The van der Waals surface area contributed by atoms with Gasteiger partial charge in [0.25, 0.3) is 5.91 Å². The number of pyridine rings is 1. The van der Waals surface area contributed by atoms with Crippen molar-refractivity contribution in [1.29, 1.82) is 0 Å². The molecule has 0 spiro atoms. The van der Waals surface area contributed by atoms with Crippen LogP contribution in [0.25, 0.3) is 5.57 Å². The van der Waals surface area contributed by atoms with Crippen LogP contribution in [0.15, 0.2) is 48.3 Å². The van der Waals surface area contributed by atoms with Crippen LogP contribution in [0.2, 0.25) is 5.02 Å². The van der Waals surface area contributed by atoms with Gasteiger partial charge >= 0.3 is 29.6 Å². The van der Waals surface area contributed by atoms with Gasteiger partial charge in [-0.1, -0.05) is 17.7 Å². The Morgan fingerprint density at radius 3 is 2.81 bits per heavy atom. The molecule has 0 radical (unpaired) electrons. The molecule has 132 valence electrons. The van der Waals surface area contributed by atoms with Crippen molar-refractivity contribution in [3.63, 3.8) is 0 Å². The summed E-state index contributed by atoms with van der Waals surface area (Å²) in [7, 11) is 0. The molecule has 1 amide bonds. The fourth-order valence-corrected chi connectivity index (χ4v) is 3.69. The van der Waals surface area contributed by atoms with E-state index in [2.05, 4.69) is 10.3 Å². The monoisotopic (exact) mass is 391 g/mol. The molecule has 0 bridgehead atoms. The van der Waals surface area contributed by atoms with Gasteiger partial charge in [-0.05, 0) is 42.7 Å². The van der Waals surface area contributed by atoms with E-state index in [1.807, 2.05) is 12.1 Å². The third-order valence-electron chi connectivity index (χ3n) is 4.74. The van der Waals surface area contributed by atoms with Gasteiger partial charge in [0, 0.05) is 34.6 Å². The Balaban J connectivity index is 0.00000210. The maximum atomic E-state index is 13.0. The largest absolute Gasteiger partial charge is 1.00 e. The summed E-state index contributed by atoms with van der Waals surface area (Å²) in [5.41, 5.74) is 3.51. The van der Waals surface area contributed by atoms with Crippen LogP contribution in [0.4, 0.5) is 11.4 Å². The number of hydrogen-bond donors (Lipinski definition) is 1. The average molecular weight is 392 g/mol. The predicted octanol–water partition coefficient (Wildman–Crippen LogP) is -1.14. The molecule has 2 aromatic rings. The first kappa shape index (κ1) is 19.9. The second-order valence-corrected chi connectivity index (χ2v) is 6.72. The van der Waals surface area contributed by atoms with Crippen LogP contribution in [-0.4, -0.2) is 29.4 Å². The second-order valence-electron chi connectivity index (χ2n) is 6.29. The van der Waals surface area contributed by atoms with Crippen molar-refractivity contribution in [1.82, 2.24) is 4.98 Å². The van der Waals surface area contributed by atoms with E-state index >= 15 is 0 Å². The van der Waals surface area contributed by atoms with Gasteiger partial charge in [0.2, 0.25) is 0 Å². The third-order valence-corrected chi connectivity index (χ3v) is 4.97. The summed E-state index contributed by atoms with van der Waals surface area (Å²) < 4.78 is 0. The Labute approximate surface area is 183 Å². The molecule has 1 fully saturated rings. The van der Waals surface area contributed by atoms with E-state index in [-0.39, 0.29) is 41.9 Å². The van der Waals surface area contributed by atoms with Crippen LogP contribution >= 0.6 is 11.6 Å². The number of nitrogens with zero attached hydrogens (tertiary/aromatic N) is 2. The average Bonchev–Trinajstić information content (AvgIpc) is 3.02. The fourth-order valence-electron chi connectivity index (χ4n) is 3.51. The Morgan fingerprint density at radius 1 is 1.30 bits per heavy atom. The summed E-state index contributed by atoms with van der Waals surface area (Å²) in [6.45, 7) is 0.537. The molecule has 3 heterocycles. The number of hydrogen-bond acceptors (Lipinski definition) is 5. The molecular formula is C19H15ClN3NaO3. The number of carbonyl (C=O) groups excluding carboxylic acids is 2. The van der Waals surface area contributed by atoms with E-state index in [1.54, 1.807) is 35.5 Å². The van der Waals surface area contributed by atoms with Crippen molar-refractivity contribution in [2.45, 2.75) is 18.9 Å². The first-order chi connectivity index (χ1) is 12.5. The molecule has 2 aliphatic heterocycles. The molecule has 1 N–H and O–H groups in total. The Hall–Kier alpha value is -1.86. The van der Waals surface area contributed by atoms with E-state index < -0.39 is 12.0 Å². The number of halogens is 1. The van der Waals surface area contributed by atoms with Crippen LogP contribution in [-0.2, 0) is 9.59 Å². The summed E-state index contributed by atoms with van der Waals surface area (Å²) in [5, 5.41) is 14.9. The Bertz CT molecular complexity index is 933. The van der Waals surface area contributed by atoms with Gasteiger partial charge in [0.05, 0.1) is 23.9 Å². The zero-order chi connectivity index (χ0) is 18.3. The number of aliphatic carboxylic acids is 1. The molecule has 27 heavy (non-hydrogen) atoms. The van der Waals surface area contributed by atoms with E-state index in [4.69, 9.17) is 11.6 Å². The zero-order valence-electron chi connectivity index (χ0n) is 14.7. The number of rotatable bonds is 2. The molecule has 6 nitrogen and oxygen atoms in total. The van der Waals surface area contributed by atoms with Crippen molar-refractivity contribution in [2.24, 2.45) is 0 Å². The molecule has 2 aliphatic rings. The smallest absolute Gasteiger partial charge is 0.548 e. The number of amides is 1. The van der Waals surface area contributed by atoms with Gasteiger partial charge in [0.15, 0.2) is 0 Å². The van der Waals surface area contributed by atoms with E-state index in [1.165, 1.54) is 0 Å². The molecule has 1 unspecified atom stereocenters. The topological polar surface area (TPSA) is 85.4 Å². The summed E-state index contributed by atoms with van der Waals surface area (Å²) in [6, 6.07) is 7.94. The fraction of sp³-hybridized carbons (Fsp3) is 0.211. The SMILES string of the molecule is O=C([O-])C1C/C(=C2\CCN(c3cccnc3)C2=O)c2ccc(Cl)cc2N1.[Na+]. The molecule has 0 saturated carbocycles. The van der Waals surface area contributed by atoms with Crippen molar-refractivity contribution < 1.29 is 44.3 Å². The number of carboxylic acid groups (broad SMARTS) is 1. The van der Waals surface area contributed by atoms with Crippen LogP contribution < -0.4 is 44.9 Å². The van der Waals surface area contributed by atoms with Gasteiger partial charge in [-0.3, -0.25) is 9.78 Å². The molecule has 4 rings (SSSR count). The van der Waals surface area contributed by atoms with Crippen LogP contribution in [0, 0.1) is 0 Å².